The first-order chi connectivity index (χ1) is 9.11. The monoisotopic (exact) mass is 366 g/mol. The van der Waals surface area contributed by atoms with E-state index in [1.54, 1.807) is 6.07 Å². The minimum absolute atomic E-state index is 0.166. The van der Waals surface area contributed by atoms with Crippen molar-refractivity contribution in [2.75, 3.05) is 11.8 Å². The molecule has 0 saturated heterocycles. The molecule has 0 N–H and O–H groups in total. The summed E-state index contributed by atoms with van der Waals surface area (Å²) in [4.78, 5) is 0. The van der Waals surface area contributed by atoms with E-state index in [0.29, 0.717) is 29.7 Å². The van der Waals surface area contributed by atoms with E-state index in [9.17, 15) is 4.39 Å². The summed E-state index contributed by atoms with van der Waals surface area (Å²) in [6, 6.07) is 5.07. The summed E-state index contributed by atoms with van der Waals surface area (Å²) in [6.45, 7) is 0. The molecular weight excluding hydrogens is 350 g/mol. The first kappa shape index (κ1) is 15.6. The van der Waals surface area contributed by atoms with Crippen LogP contribution in [0, 0.1) is 17.2 Å². The molecule has 19 heavy (non-hydrogen) atoms. The van der Waals surface area contributed by atoms with Gasteiger partial charge in [0.25, 0.3) is 0 Å². The fraction of sp³-hybridized carbons (Fsp3) is 0.600. The van der Waals surface area contributed by atoms with Crippen molar-refractivity contribution in [1.82, 2.24) is 0 Å². The highest BCUT2D eigenvalue weighted by atomic mass is 79.9. The summed E-state index contributed by atoms with van der Waals surface area (Å²) in [5.74, 6) is 1.34. The van der Waals surface area contributed by atoms with Crippen LogP contribution in [0.4, 0.5) is 4.39 Å². The van der Waals surface area contributed by atoms with Crippen LogP contribution in [-0.2, 0) is 6.42 Å². The molecule has 0 heterocycles. The van der Waals surface area contributed by atoms with Crippen molar-refractivity contribution >= 4 is 39.1 Å². The van der Waals surface area contributed by atoms with E-state index < -0.39 is 0 Å². The minimum Gasteiger partial charge on any atom is -0.207 e. The summed E-state index contributed by atoms with van der Waals surface area (Å²) in [5.41, 5.74) is 0.531. The van der Waals surface area contributed by atoms with E-state index in [2.05, 4.69) is 15.9 Å². The summed E-state index contributed by atoms with van der Waals surface area (Å²) in [7, 11) is 0. The number of hydrogen-bond donors (Lipinski definition) is 0. The Balaban J connectivity index is 2.27. The number of rotatable bonds is 5. The van der Waals surface area contributed by atoms with Crippen LogP contribution in [0.5, 0.6) is 0 Å². The summed E-state index contributed by atoms with van der Waals surface area (Å²) in [5, 5.41) is 0. The molecule has 0 aliphatic heterocycles. The molecule has 0 radical (unpaired) electrons. The van der Waals surface area contributed by atoms with Crippen LogP contribution in [-0.4, -0.2) is 11.8 Å². The van der Waals surface area contributed by atoms with Crippen molar-refractivity contribution in [1.29, 1.82) is 0 Å². The second-order valence-corrected chi connectivity index (χ2v) is 6.97. The van der Waals surface area contributed by atoms with Gasteiger partial charge >= 0.3 is 0 Å². The molecule has 4 heteroatoms. The van der Waals surface area contributed by atoms with E-state index in [1.165, 1.54) is 18.9 Å². The number of benzene rings is 1. The first-order valence-electron chi connectivity index (χ1n) is 6.67. The molecule has 0 nitrogen and oxygen atoms in total. The van der Waals surface area contributed by atoms with E-state index in [-0.39, 0.29) is 11.2 Å². The summed E-state index contributed by atoms with van der Waals surface area (Å²) in [6.07, 6.45) is 5.42. The summed E-state index contributed by atoms with van der Waals surface area (Å²) < 4.78 is 14.8. The lowest BCUT2D eigenvalue weighted by Gasteiger charge is -2.36. The molecule has 1 aromatic carbocycles. The van der Waals surface area contributed by atoms with Crippen LogP contribution in [0.15, 0.2) is 22.7 Å². The average molecular weight is 368 g/mol. The van der Waals surface area contributed by atoms with Crippen molar-refractivity contribution in [2.45, 2.75) is 32.1 Å². The van der Waals surface area contributed by atoms with Crippen LogP contribution in [0.3, 0.4) is 0 Å². The van der Waals surface area contributed by atoms with Crippen molar-refractivity contribution in [2.24, 2.45) is 11.3 Å². The molecule has 0 unspecified atom stereocenters. The Hall–Kier alpha value is 0.210. The molecule has 1 fully saturated rings. The van der Waals surface area contributed by atoms with Crippen molar-refractivity contribution < 1.29 is 4.39 Å². The van der Waals surface area contributed by atoms with Gasteiger partial charge < -0.3 is 0 Å². The van der Waals surface area contributed by atoms with Crippen molar-refractivity contribution in [3.63, 3.8) is 0 Å². The van der Waals surface area contributed by atoms with Gasteiger partial charge in [-0.1, -0.05) is 28.8 Å². The maximum atomic E-state index is 14.0. The van der Waals surface area contributed by atoms with Crippen LogP contribution < -0.4 is 0 Å². The lowest BCUT2D eigenvalue weighted by molar-refractivity contribution is 0.223. The Labute approximate surface area is 132 Å². The number of alkyl halides is 2. The van der Waals surface area contributed by atoms with Gasteiger partial charge in [-0.3, -0.25) is 0 Å². The maximum absolute atomic E-state index is 14.0. The second-order valence-electron chi connectivity index (χ2n) is 5.52. The molecule has 1 saturated carbocycles. The van der Waals surface area contributed by atoms with E-state index in [1.807, 2.05) is 6.07 Å². The van der Waals surface area contributed by atoms with Gasteiger partial charge in [-0.05, 0) is 48.9 Å². The third-order valence-corrected chi connectivity index (χ3v) is 5.86. The third-order valence-electron chi connectivity index (χ3n) is 4.30. The molecule has 2 rings (SSSR count). The fourth-order valence-corrected chi connectivity index (χ4v) is 4.41. The molecule has 1 aromatic rings. The Kier molecular flexibility index (Phi) is 5.56. The molecular formula is C15H18BrCl2F. The molecule has 0 atom stereocenters. The number of hydrogen-bond acceptors (Lipinski definition) is 0. The standard InChI is InChI=1S/C15H18BrCl2F/c16-13-5-6-14(19)11(7-13)8-15(9-17,10-18)12-3-1-2-4-12/h5-7,12H,1-4,8-10H2. The third kappa shape index (κ3) is 3.46. The van der Waals surface area contributed by atoms with Crippen LogP contribution in [0.1, 0.15) is 31.2 Å². The van der Waals surface area contributed by atoms with Gasteiger partial charge in [-0.15, -0.1) is 23.2 Å². The normalized spacial score (nSPS) is 17.1. The largest absolute Gasteiger partial charge is 0.207 e. The van der Waals surface area contributed by atoms with Gasteiger partial charge in [0, 0.05) is 21.6 Å². The SMILES string of the molecule is Fc1ccc(Br)cc1CC(CCl)(CCl)C1CCCC1. The van der Waals surface area contributed by atoms with Gasteiger partial charge in [-0.25, -0.2) is 4.39 Å². The predicted octanol–water partition coefficient (Wildman–Crippen LogP) is 5.78. The molecule has 0 bridgehead atoms. The zero-order valence-corrected chi connectivity index (χ0v) is 13.9. The van der Waals surface area contributed by atoms with E-state index in [4.69, 9.17) is 23.2 Å². The Morgan fingerprint density at radius 3 is 2.42 bits per heavy atom. The molecule has 0 amide bonds. The van der Waals surface area contributed by atoms with Crippen LogP contribution in [0.25, 0.3) is 0 Å². The molecule has 1 aliphatic rings. The first-order valence-corrected chi connectivity index (χ1v) is 8.53. The quantitative estimate of drug-likeness (QED) is 0.578. The molecule has 0 aromatic heterocycles. The van der Waals surface area contributed by atoms with Crippen LogP contribution >= 0.6 is 39.1 Å². The average Bonchev–Trinajstić information content (AvgIpc) is 2.94. The van der Waals surface area contributed by atoms with E-state index >= 15 is 0 Å². The highest BCUT2D eigenvalue weighted by Gasteiger charge is 2.39. The van der Waals surface area contributed by atoms with Gasteiger partial charge in [0.05, 0.1) is 0 Å². The zero-order valence-electron chi connectivity index (χ0n) is 10.8. The van der Waals surface area contributed by atoms with Gasteiger partial charge in [0.1, 0.15) is 5.82 Å². The Bertz CT molecular complexity index is 426. The van der Waals surface area contributed by atoms with Gasteiger partial charge in [0.15, 0.2) is 0 Å². The Morgan fingerprint density at radius 2 is 1.84 bits per heavy atom. The van der Waals surface area contributed by atoms with Gasteiger partial charge in [-0.2, -0.15) is 0 Å². The fourth-order valence-electron chi connectivity index (χ4n) is 3.09. The van der Waals surface area contributed by atoms with Gasteiger partial charge in [0.2, 0.25) is 0 Å². The maximum Gasteiger partial charge on any atom is 0.126 e. The Morgan fingerprint density at radius 1 is 1.21 bits per heavy atom. The van der Waals surface area contributed by atoms with Crippen molar-refractivity contribution in [3.05, 3.63) is 34.1 Å². The molecule has 0 spiro atoms. The van der Waals surface area contributed by atoms with Crippen LogP contribution in [0.2, 0.25) is 0 Å². The highest BCUT2D eigenvalue weighted by molar-refractivity contribution is 9.10. The highest BCUT2D eigenvalue weighted by Crippen LogP contribution is 2.44. The minimum atomic E-state index is -0.179. The predicted molar refractivity (Wildman–Crippen MR) is 83.6 cm³/mol. The second kappa shape index (κ2) is 6.78. The summed E-state index contributed by atoms with van der Waals surface area (Å²) >= 11 is 15.9. The zero-order chi connectivity index (χ0) is 13.9. The topological polar surface area (TPSA) is 0 Å². The molecule has 1 aliphatic carbocycles. The lowest BCUT2D eigenvalue weighted by atomic mass is 9.73. The smallest absolute Gasteiger partial charge is 0.126 e. The van der Waals surface area contributed by atoms with E-state index in [0.717, 1.165) is 17.3 Å². The lowest BCUT2D eigenvalue weighted by Crippen LogP contribution is -2.36. The number of halogens is 4. The van der Waals surface area contributed by atoms with Crippen molar-refractivity contribution in [3.8, 4) is 0 Å². The molecule has 106 valence electrons.